The molecule has 1 unspecified atom stereocenters. The van der Waals surface area contributed by atoms with Crippen molar-refractivity contribution in [2.24, 2.45) is 0 Å². The smallest absolute Gasteiger partial charge is 0.243 e. The van der Waals surface area contributed by atoms with Crippen LogP contribution >= 0.6 is 15.9 Å². The molecule has 5 nitrogen and oxygen atoms in total. The molecule has 0 radical (unpaired) electrons. The summed E-state index contributed by atoms with van der Waals surface area (Å²) in [4.78, 5) is -0.370. The van der Waals surface area contributed by atoms with Crippen molar-refractivity contribution in [2.75, 3.05) is 20.2 Å². The summed E-state index contributed by atoms with van der Waals surface area (Å²) in [5.74, 6) is -0.746. The SMILES string of the molecule is CCOC(C)CNS(=O)(=O)c1cc(Br)cc(CNC)c1F. The van der Waals surface area contributed by atoms with Gasteiger partial charge in [0.15, 0.2) is 0 Å². The van der Waals surface area contributed by atoms with Gasteiger partial charge in [-0.1, -0.05) is 15.9 Å². The lowest BCUT2D eigenvalue weighted by atomic mass is 10.2. The molecule has 0 fully saturated rings. The van der Waals surface area contributed by atoms with E-state index in [0.717, 1.165) is 0 Å². The van der Waals surface area contributed by atoms with E-state index in [1.54, 1.807) is 20.0 Å². The molecule has 0 heterocycles. The van der Waals surface area contributed by atoms with E-state index in [1.807, 2.05) is 6.92 Å². The molecule has 0 amide bonds. The number of hydrogen-bond acceptors (Lipinski definition) is 4. The summed E-state index contributed by atoms with van der Waals surface area (Å²) in [5.41, 5.74) is 0.283. The third-order valence-corrected chi connectivity index (χ3v) is 4.63. The Morgan fingerprint density at radius 1 is 1.43 bits per heavy atom. The maximum Gasteiger partial charge on any atom is 0.243 e. The Hall–Kier alpha value is -0.540. The molecule has 0 saturated heterocycles. The normalized spacial score (nSPS) is 13.4. The van der Waals surface area contributed by atoms with Crippen molar-refractivity contribution < 1.29 is 17.5 Å². The lowest BCUT2D eigenvalue weighted by Gasteiger charge is -2.14. The Morgan fingerprint density at radius 3 is 2.67 bits per heavy atom. The summed E-state index contributed by atoms with van der Waals surface area (Å²) in [6, 6.07) is 2.80. The Kier molecular flexibility index (Phi) is 7.22. The van der Waals surface area contributed by atoms with Crippen LogP contribution in [0.1, 0.15) is 19.4 Å². The minimum atomic E-state index is -3.93. The molecule has 1 aromatic carbocycles. The number of nitrogens with one attached hydrogen (secondary N) is 2. The molecule has 0 bridgehead atoms. The number of halogens is 2. The monoisotopic (exact) mass is 382 g/mol. The molecule has 8 heteroatoms. The average Bonchev–Trinajstić information content (AvgIpc) is 2.41. The van der Waals surface area contributed by atoms with E-state index >= 15 is 0 Å². The van der Waals surface area contributed by atoms with E-state index in [2.05, 4.69) is 26.0 Å². The fourth-order valence-corrected chi connectivity index (χ4v) is 3.70. The summed E-state index contributed by atoms with van der Waals surface area (Å²) in [6.45, 7) is 4.38. The maximum absolute atomic E-state index is 14.3. The van der Waals surface area contributed by atoms with E-state index in [-0.39, 0.29) is 29.7 Å². The number of ether oxygens (including phenoxy) is 1. The van der Waals surface area contributed by atoms with Crippen LogP contribution in [0.25, 0.3) is 0 Å². The number of benzene rings is 1. The van der Waals surface area contributed by atoms with Gasteiger partial charge in [-0.2, -0.15) is 0 Å². The molecule has 21 heavy (non-hydrogen) atoms. The van der Waals surface area contributed by atoms with Crippen LogP contribution in [0.4, 0.5) is 4.39 Å². The van der Waals surface area contributed by atoms with Crippen LogP contribution in [-0.2, 0) is 21.3 Å². The quantitative estimate of drug-likeness (QED) is 0.721. The molecular formula is C13H20BrFN2O3S. The van der Waals surface area contributed by atoms with E-state index < -0.39 is 15.8 Å². The second-order valence-corrected chi connectivity index (χ2v) is 7.18. The molecule has 0 aliphatic rings. The molecule has 0 aliphatic heterocycles. The first-order chi connectivity index (χ1) is 9.81. The van der Waals surface area contributed by atoms with E-state index in [4.69, 9.17) is 4.74 Å². The molecule has 0 aliphatic carbocycles. The highest BCUT2D eigenvalue weighted by Gasteiger charge is 2.22. The van der Waals surface area contributed by atoms with E-state index in [1.165, 1.54) is 6.07 Å². The number of rotatable bonds is 8. The van der Waals surface area contributed by atoms with Gasteiger partial charge in [-0.25, -0.2) is 17.5 Å². The van der Waals surface area contributed by atoms with Gasteiger partial charge >= 0.3 is 0 Å². The third-order valence-electron chi connectivity index (χ3n) is 2.75. The van der Waals surface area contributed by atoms with Crippen LogP contribution in [0.3, 0.4) is 0 Å². The van der Waals surface area contributed by atoms with Crippen molar-refractivity contribution in [3.8, 4) is 0 Å². The summed E-state index contributed by atoms with van der Waals surface area (Å²) >= 11 is 3.20. The predicted octanol–water partition coefficient (Wildman–Crippen LogP) is 2.01. The Balaban J connectivity index is 3.02. The van der Waals surface area contributed by atoms with Gasteiger partial charge in [0.05, 0.1) is 6.10 Å². The molecular weight excluding hydrogens is 363 g/mol. The van der Waals surface area contributed by atoms with Crippen LogP contribution in [0.2, 0.25) is 0 Å². The predicted molar refractivity (Wildman–Crippen MR) is 83.1 cm³/mol. The zero-order valence-corrected chi connectivity index (χ0v) is 14.6. The summed E-state index contributed by atoms with van der Waals surface area (Å²) in [5, 5.41) is 2.80. The van der Waals surface area contributed by atoms with Crippen molar-refractivity contribution in [2.45, 2.75) is 31.4 Å². The van der Waals surface area contributed by atoms with Gasteiger partial charge in [-0.15, -0.1) is 0 Å². The van der Waals surface area contributed by atoms with Gasteiger partial charge in [0.2, 0.25) is 10.0 Å². The van der Waals surface area contributed by atoms with Crippen LogP contribution in [0, 0.1) is 5.82 Å². The second kappa shape index (κ2) is 8.19. The Labute approximate surface area is 133 Å². The van der Waals surface area contributed by atoms with Gasteiger partial charge in [-0.3, -0.25) is 0 Å². The fourth-order valence-electron chi connectivity index (χ4n) is 1.78. The zero-order valence-electron chi connectivity index (χ0n) is 12.2. The zero-order chi connectivity index (χ0) is 16.0. The summed E-state index contributed by atoms with van der Waals surface area (Å²) < 4.78 is 46.9. The highest BCUT2D eigenvalue weighted by molar-refractivity contribution is 9.10. The second-order valence-electron chi connectivity index (χ2n) is 4.53. The number of sulfonamides is 1. The van der Waals surface area contributed by atoms with Crippen molar-refractivity contribution in [1.82, 2.24) is 10.0 Å². The molecule has 0 spiro atoms. The molecule has 0 aromatic heterocycles. The van der Waals surface area contributed by atoms with Crippen molar-refractivity contribution >= 4 is 26.0 Å². The lowest BCUT2D eigenvalue weighted by Crippen LogP contribution is -2.33. The minimum absolute atomic E-state index is 0.0868. The number of hydrogen-bond donors (Lipinski definition) is 2. The summed E-state index contributed by atoms with van der Waals surface area (Å²) in [7, 11) is -2.27. The van der Waals surface area contributed by atoms with Gasteiger partial charge in [0.1, 0.15) is 10.7 Å². The van der Waals surface area contributed by atoms with Crippen LogP contribution in [-0.4, -0.2) is 34.7 Å². The van der Waals surface area contributed by atoms with Gasteiger partial charge in [0.25, 0.3) is 0 Å². The topological polar surface area (TPSA) is 67.4 Å². The Morgan fingerprint density at radius 2 is 2.10 bits per heavy atom. The summed E-state index contributed by atoms with van der Waals surface area (Å²) in [6.07, 6.45) is -0.281. The molecule has 1 atom stereocenters. The van der Waals surface area contributed by atoms with Crippen LogP contribution < -0.4 is 10.0 Å². The molecule has 1 rings (SSSR count). The highest BCUT2D eigenvalue weighted by Crippen LogP contribution is 2.24. The van der Waals surface area contributed by atoms with Gasteiger partial charge < -0.3 is 10.1 Å². The van der Waals surface area contributed by atoms with Gasteiger partial charge in [0, 0.05) is 29.7 Å². The highest BCUT2D eigenvalue weighted by atomic mass is 79.9. The Bertz CT molecular complexity index is 581. The van der Waals surface area contributed by atoms with E-state index in [9.17, 15) is 12.8 Å². The molecule has 120 valence electrons. The van der Waals surface area contributed by atoms with Gasteiger partial charge in [-0.05, 0) is 33.0 Å². The minimum Gasteiger partial charge on any atom is -0.377 e. The van der Waals surface area contributed by atoms with Crippen molar-refractivity contribution in [3.05, 3.63) is 28.0 Å². The van der Waals surface area contributed by atoms with Crippen LogP contribution in [0.15, 0.2) is 21.5 Å². The first kappa shape index (κ1) is 18.5. The fraction of sp³-hybridized carbons (Fsp3) is 0.538. The van der Waals surface area contributed by atoms with Crippen molar-refractivity contribution in [3.63, 3.8) is 0 Å². The lowest BCUT2D eigenvalue weighted by molar-refractivity contribution is 0.0799. The first-order valence-corrected chi connectivity index (χ1v) is 8.83. The largest absolute Gasteiger partial charge is 0.377 e. The van der Waals surface area contributed by atoms with Crippen LogP contribution in [0.5, 0.6) is 0 Å². The average molecular weight is 383 g/mol. The molecule has 2 N–H and O–H groups in total. The standard InChI is InChI=1S/C13H20BrFN2O3S/c1-4-20-9(2)7-17-21(18,19)12-6-11(14)5-10(8-16-3)13(12)15/h5-6,9,16-17H,4,7-8H2,1-3H3. The van der Waals surface area contributed by atoms with E-state index in [0.29, 0.717) is 11.1 Å². The van der Waals surface area contributed by atoms with Crippen molar-refractivity contribution in [1.29, 1.82) is 0 Å². The third kappa shape index (κ3) is 5.30. The molecule has 0 saturated carbocycles. The molecule has 1 aromatic rings. The first-order valence-electron chi connectivity index (χ1n) is 6.55. The maximum atomic E-state index is 14.3.